The van der Waals surface area contributed by atoms with Gasteiger partial charge < -0.3 is 24.3 Å². The van der Waals surface area contributed by atoms with Crippen LogP contribution in [0.15, 0.2) is 65.5 Å². The van der Waals surface area contributed by atoms with Crippen LogP contribution in [0.5, 0.6) is 17.2 Å². The number of hydrogen-bond donors (Lipinski definition) is 1. The van der Waals surface area contributed by atoms with Crippen molar-refractivity contribution < 1.29 is 28.5 Å². The van der Waals surface area contributed by atoms with Crippen molar-refractivity contribution in [2.45, 2.75) is 13.1 Å². The number of fused-ring (bicyclic) bond motifs is 1. The van der Waals surface area contributed by atoms with E-state index in [-0.39, 0.29) is 37.7 Å². The lowest BCUT2D eigenvalue weighted by Crippen LogP contribution is -2.30. The molecule has 4 rings (SSSR count). The molecule has 0 spiro atoms. The topological polar surface area (TPSA) is 118 Å². The normalized spacial score (nSPS) is 11.6. The first-order valence-electron chi connectivity index (χ1n) is 10.2. The van der Waals surface area contributed by atoms with Gasteiger partial charge in [0.05, 0.1) is 6.54 Å². The molecule has 1 aliphatic heterocycles. The van der Waals surface area contributed by atoms with Gasteiger partial charge in [-0.25, -0.2) is 9.48 Å². The zero-order valence-corrected chi connectivity index (χ0v) is 17.6. The van der Waals surface area contributed by atoms with Crippen LogP contribution in [0.1, 0.15) is 16.1 Å². The van der Waals surface area contributed by atoms with E-state index in [9.17, 15) is 14.4 Å². The second-order valence-electron chi connectivity index (χ2n) is 6.98. The fraction of sp³-hybridized carbons (Fsp3) is 0.217. The van der Waals surface area contributed by atoms with Gasteiger partial charge in [-0.05, 0) is 35.9 Å². The first-order valence-corrected chi connectivity index (χ1v) is 10.2. The fourth-order valence-corrected chi connectivity index (χ4v) is 2.99. The van der Waals surface area contributed by atoms with E-state index in [2.05, 4.69) is 10.4 Å². The third-order valence-electron chi connectivity index (χ3n) is 4.65. The minimum Gasteiger partial charge on any atom is -0.492 e. The second-order valence-corrected chi connectivity index (χ2v) is 6.98. The maximum absolute atomic E-state index is 12.3. The number of hydrogen-bond acceptors (Lipinski definition) is 8. The van der Waals surface area contributed by atoms with Crippen LogP contribution in [0.4, 0.5) is 0 Å². The number of para-hydroxylation sites is 1. The van der Waals surface area contributed by atoms with Crippen LogP contribution in [0.3, 0.4) is 0 Å². The van der Waals surface area contributed by atoms with Gasteiger partial charge in [0, 0.05) is 12.6 Å². The Hall–Kier alpha value is -4.34. The molecule has 2 aromatic carbocycles. The highest BCUT2D eigenvalue weighted by molar-refractivity contribution is 5.89. The molecular formula is C23H21N3O7. The van der Waals surface area contributed by atoms with Crippen LogP contribution < -0.4 is 25.1 Å². The number of aromatic nitrogens is 2. The number of benzene rings is 2. The molecule has 0 bridgehead atoms. The van der Waals surface area contributed by atoms with Crippen LogP contribution in [-0.2, 0) is 22.6 Å². The standard InChI is InChI=1S/C23H21N3O7/c27-21(24-13-16-6-8-19-20(12-16)33-15-32-19)14-31-23(29)18-7-9-22(28)26(25-18)10-11-30-17-4-2-1-3-5-17/h1-9,12H,10-11,13-15H2,(H,24,27). The van der Waals surface area contributed by atoms with Gasteiger partial charge in [0.1, 0.15) is 12.4 Å². The van der Waals surface area contributed by atoms with Gasteiger partial charge in [-0.1, -0.05) is 24.3 Å². The van der Waals surface area contributed by atoms with Crippen LogP contribution in [0, 0.1) is 0 Å². The number of nitrogens with zero attached hydrogens (tertiary/aromatic N) is 2. The highest BCUT2D eigenvalue weighted by atomic mass is 16.7. The lowest BCUT2D eigenvalue weighted by Gasteiger charge is -2.09. The SMILES string of the molecule is O=C(COC(=O)c1ccc(=O)n(CCOc2ccccc2)n1)NCc1ccc2c(c1)OCO2. The number of nitrogens with one attached hydrogen (secondary N) is 1. The van der Waals surface area contributed by atoms with Crippen molar-refractivity contribution in [2.75, 3.05) is 20.0 Å². The van der Waals surface area contributed by atoms with Gasteiger partial charge in [0.25, 0.3) is 11.5 Å². The minimum absolute atomic E-state index is 0.0853. The molecule has 1 N–H and O–H groups in total. The van der Waals surface area contributed by atoms with E-state index in [4.69, 9.17) is 18.9 Å². The van der Waals surface area contributed by atoms with Crippen molar-refractivity contribution in [3.63, 3.8) is 0 Å². The summed E-state index contributed by atoms with van der Waals surface area (Å²) in [4.78, 5) is 36.3. The zero-order chi connectivity index (χ0) is 23.0. The smallest absolute Gasteiger partial charge is 0.359 e. The van der Waals surface area contributed by atoms with Gasteiger partial charge in [-0.15, -0.1) is 0 Å². The largest absolute Gasteiger partial charge is 0.492 e. The van der Waals surface area contributed by atoms with Gasteiger partial charge >= 0.3 is 5.97 Å². The van der Waals surface area contributed by atoms with Crippen LogP contribution in [0.2, 0.25) is 0 Å². The van der Waals surface area contributed by atoms with E-state index >= 15 is 0 Å². The first kappa shape index (κ1) is 21.9. The molecule has 1 aliphatic rings. The predicted molar refractivity (Wildman–Crippen MR) is 115 cm³/mol. The molecular weight excluding hydrogens is 430 g/mol. The van der Waals surface area contributed by atoms with Gasteiger partial charge in [0.15, 0.2) is 23.8 Å². The van der Waals surface area contributed by atoms with Gasteiger partial charge in [-0.2, -0.15) is 5.10 Å². The Labute approximate surface area is 188 Å². The molecule has 33 heavy (non-hydrogen) atoms. The zero-order valence-electron chi connectivity index (χ0n) is 17.6. The van der Waals surface area contributed by atoms with E-state index in [0.29, 0.717) is 17.2 Å². The van der Waals surface area contributed by atoms with E-state index in [0.717, 1.165) is 10.2 Å². The fourth-order valence-electron chi connectivity index (χ4n) is 2.99. The highest BCUT2D eigenvalue weighted by Gasteiger charge is 2.15. The number of ether oxygens (including phenoxy) is 4. The summed E-state index contributed by atoms with van der Waals surface area (Å²) in [5, 5.41) is 6.66. The summed E-state index contributed by atoms with van der Waals surface area (Å²) in [5.74, 6) is 0.632. The minimum atomic E-state index is -0.814. The number of amides is 1. The van der Waals surface area contributed by atoms with Crippen LogP contribution >= 0.6 is 0 Å². The molecule has 170 valence electrons. The van der Waals surface area contributed by atoms with Gasteiger partial charge in [0.2, 0.25) is 6.79 Å². The summed E-state index contributed by atoms with van der Waals surface area (Å²) < 4.78 is 22.2. The van der Waals surface area contributed by atoms with E-state index in [1.807, 2.05) is 18.2 Å². The third-order valence-corrected chi connectivity index (χ3v) is 4.65. The Morgan fingerprint density at radius 2 is 1.85 bits per heavy atom. The average Bonchev–Trinajstić information content (AvgIpc) is 3.31. The first-order chi connectivity index (χ1) is 16.1. The molecule has 0 aliphatic carbocycles. The number of rotatable bonds is 9. The third kappa shape index (κ3) is 5.88. The van der Waals surface area contributed by atoms with E-state index < -0.39 is 18.5 Å². The van der Waals surface area contributed by atoms with Crippen molar-refractivity contribution in [1.82, 2.24) is 15.1 Å². The molecule has 0 saturated heterocycles. The molecule has 1 aromatic heterocycles. The molecule has 3 aromatic rings. The Kier molecular flexibility index (Phi) is 6.84. The van der Waals surface area contributed by atoms with E-state index in [1.54, 1.807) is 30.3 Å². The molecule has 0 atom stereocenters. The Balaban J connectivity index is 1.25. The highest BCUT2D eigenvalue weighted by Crippen LogP contribution is 2.32. The van der Waals surface area contributed by atoms with E-state index in [1.165, 1.54) is 12.1 Å². The summed E-state index contributed by atoms with van der Waals surface area (Å²) in [7, 11) is 0. The molecule has 1 amide bonds. The van der Waals surface area contributed by atoms with Crippen molar-refractivity contribution in [3.05, 3.63) is 82.3 Å². The summed E-state index contributed by atoms with van der Waals surface area (Å²) in [6.07, 6.45) is 0. The van der Waals surface area contributed by atoms with Crippen LogP contribution in [-0.4, -0.2) is 41.7 Å². The summed E-state index contributed by atoms with van der Waals surface area (Å²) in [6.45, 7) is 0.254. The molecule has 10 heteroatoms. The van der Waals surface area contributed by atoms with Crippen molar-refractivity contribution >= 4 is 11.9 Å². The molecule has 0 saturated carbocycles. The number of esters is 1. The maximum atomic E-state index is 12.3. The molecule has 10 nitrogen and oxygen atoms in total. The maximum Gasteiger partial charge on any atom is 0.359 e. The number of carbonyl (C=O) groups excluding carboxylic acids is 2. The predicted octanol–water partition coefficient (Wildman–Crippen LogP) is 1.52. The molecule has 0 radical (unpaired) electrons. The van der Waals surface area contributed by atoms with Crippen molar-refractivity contribution in [2.24, 2.45) is 0 Å². The number of carbonyl (C=O) groups is 2. The summed E-state index contributed by atoms with van der Waals surface area (Å²) >= 11 is 0. The summed E-state index contributed by atoms with van der Waals surface area (Å²) in [5.41, 5.74) is 0.341. The van der Waals surface area contributed by atoms with Gasteiger partial charge in [-0.3, -0.25) is 9.59 Å². The van der Waals surface area contributed by atoms with Crippen LogP contribution in [0.25, 0.3) is 0 Å². The molecule has 0 unspecified atom stereocenters. The lowest BCUT2D eigenvalue weighted by molar-refractivity contribution is -0.124. The monoisotopic (exact) mass is 451 g/mol. The molecule has 0 fully saturated rings. The average molecular weight is 451 g/mol. The second kappa shape index (κ2) is 10.3. The quantitative estimate of drug-likeness (QED) is 0.487. The molecule has 2 heterocycles. The Bertz CT molecular complexity index is 1190. The van der Waals surface area contributed by atoms with Crippen molar-refractivity contribution in [1.29, 1.82) is 0 Å². The lowest BCUT2D eigenvalue weighted by atomic mass is 10.2. The Morgan fingerprint density at radius 3 is 2.70 bits per heavy atom. The summed E-state index contributed by atoms with van der Waals surface area (Å²) in [6, 6.07) is 16.9. The van der Waals surface area contributed by atoms with Crippen molar-refractivity contribution in [3.8, 4) is 17.2 Å². The Morgan fingerprint density at radius 1 is 1.03 bits per heavy atom.